The molecular formula is C13H16N2O5S. The first kappa shape index (κ1) is 15.9. The fourth-order valence-electron chi connectivity index (χ4n) is 2.01. The number of aromatic nitrogens is 1. The number of aliphatic hydroxyl groups excluding tert-OH is 2. The van der Waals surface area contributed by atoms with Crippen molar-refractivity contribution >= 4 is 10.0 Å². The van der Waals surface area contributed by atoms with E-state index in [0.717, 1.165) is 0 Å². The van der Waals surface area contributed by atoms with Gasteiger partial charge in [0.1, 0.15) is 11.5 Å². The molecule has 1 aliphatic heterocycles. The number of hydrogen-bond acceptors (Lipinski definition) is 6. The van der Waals surface area contributed by atoms with Crippen LogP contribution in [0.4, 0.5) is 0 Å². The molecule has 114 valence electrons. The number of pyridine rings is 1. The van der Waals surface area contributed by atoms with Crippen LogP contribution in [0.3, 0.4) is 0 Å². The Morgan fingerprint density at radius 3 is 2.95 bits per heavy atom. The first-order chi connectivity index (χ1) is 10.1. The van der Waals surface area contributed by atoms with Gasteiger partial charge < -0.3 is 14.9 Å². The molecule has 0 aromatic carbocycles. The number of rotatable bonds is 3. The molecule has 1 aromatic rings. The van der Waals surface area contributed by atoms with Crippen LogP contribution in [0.5, 0.6) is 0 Å². The summed E-state index contributed by atoms with van der Waals surface area (Å²) < 4.78 is 31.6. The van der Waals surface area contributed by atoms with Gasteiger partial charge in [-0.05, 0) is 6.07 Å². The molecule has 21 heavy (non-hydrogen) atoms. The van der Waals surface area contributed by atoms with E-state index in [-0.39, 0.29) is 37.9 Å². The molecule has 1 unspecified atom stereocenters. The Kier molecular flexibility index (Phi) is 5.27. The van der Waals surface area contributed by atoms with Crippen molar-refractivity contribution in [3.8, 4) is 11.8 Å². The van der Waals surface area contributed by atoms with Crippen molar-refractivity contribution in [2.75, 3.05) is 33.0 Å². The van der Waals surface area contributed by atoms with Crippen molar-refractivity contribution in [1.82, 2.24) is 9.29 Å². The molecule has 1 saturated heterocycles. The minimum atomic E-state index is -3.77. The summed E-state index contributed by atoms with van der Waals surface area (Å²) in [4.78, 5) is 3.87. The lowest BCUT2D eigenvalue weighted by Gasteiger charge is -2.33. The van der Waals surface area contributed by atoms with E-state index in [2.05, 4.69) is 16.8 Å². The maximum absolute atomic E-state index is 12.6. The number of morpholine rings is 1. The molecule has 0 amide bonds. The summed E-state index contributed by atoms with van der Waals surface area (Å²) >= 11 is 0. The molecule has 2 heterocycles. The van der Waals surface area contributed by atoms with E-state index in [1.54, 1.807) is 0 Å². The third kappa shape index (κ3) is 3.58. The Labute approximate surface area is 123 Å². The normalized spacial score (nSPS) is 19.8. The average Bonchev–Trinajstić information content (AvgIpc) is 2.53. The van der Waals surface area contributed by atoms with Gasteiger partial charge in [-0.25, -0.2) is 8.42 Å². The predicted octanol–water partition coefficient (Wildman–Crippen LogP) is -1.19. The minimum Gasteiger partial charge on any atom is -0.395 e. The third-order valence-electron chi connectivity index (χ3n) is 3.02. The maximum atomic E-state index is 12.6. The van der Waals surface area contributed by atoms with E-state index in [4.69, 9.17) is 9.84 Å². The Hall–Kier alpha value is -1.50. The molecule has 1 aliphatic rings. The summed E-state index contributed by atoms with van der Waals surface area (Å²) in [7, 11) is -3.77. The van der Waals surface area contributed by atoms with Crippen molar-refractivity contribution in [2.45, 2.75) is 10.9 Å². The zero-order chi connectivity index (χ0) is 15.3. The van der Waals surface area contributed by atoms with Crippen LogP contribution in [0.2, 0.25) is 0 Å². The second kappa shape index (κ2) is 6.98. The lowest BCUT2D eigenvalue weighted by molar-refractivity contribution is 0.0109. The molecule has 0 bridgehead atoms. The van der Waals surface area contributed by atoms with Gasteiger partial charge >= 0.3 is 0 Å². The van der Waals surface area contributed by atoms with Crippen molar-refractivity contribution in [1.29, 1.82) is 0 Å². The molecule has 1 fully saturated rings. The van der Waals surface area contributed by atoms with Gasteiger partial charge in [-0.2, -0.15) is 4.31 Å². The zero-order valence-corrected chi connectivity index (χ0v) is 12.1. The molecule has 0 aliphatic carbocycles. The largest absolute Gasteiger partial charge is 0.395 e. The van der Waals surface area contributed by atoms with E-state index < -0.39 is 16.1 Å². The summed E-state index contributed by atoms with van der Waals surface area (Å²) in [5.41, 5.74) is 0.402. The Bertz CT molecular complexity index is 650. The van der Waals surface area contributed by atoms with Crippen molar-refractivity contribution in [2.24, 2.45) is 0 Å². The number of hydrogen-bond donors (Lipinski definition) is 2. The smallest absolute Gasteiger partial charge is 0.245 e. The molecule has 2 N–H and O–H groups in total. The fourth-order valence-corrected chi connectivity index (χ4v) is 3.58. The molecule has 0 spiro atoms. The fraction of sp³-hybridized carbons (Fsp3) is 0.462. The minimum absolute atomic E-state index is 0.00703. The molecule has 0 radical (unpaired) electrons. The molecule has 8 heteroatoms. The maximum Gasteiger partial charge on any atom is 0.245 e. The highest BCUT2D eigenvalue weighted by Gasteiger charge is 2.33. The van der Waals surface area contributed by atoms with E-state index in [1.165, 1.54) is 22.8 Å². The summed E-state index contributed by atoms with van der Waals surface area (Å²) in [5, 5.41) is 18.0. The van der Waals surface area contributed by atoms with Gasteiger partial charge in [0.2, 0.25) is 10.0 Å². The van der Waals surface area contributed by atoms with E-state index in [1.807, 2.05) is 0 Å². The highest BCUT2D eigenvalue weighted by molar-refractivity contribution is 7.89. The number of aliphatic hydroxyl groups is 2. The van der Waals surface area contributed by atoms with E-state index >= 15 is 0 Å². The number of ether oxygens (including phenoxy) is 1. The van der Waals surface area contributed by atoms with Crippen LogP contribution in [-0.2, 0) is 14.8 Å². The van der Waals surface area contributed by atoms with Gasteiger partial charge in [0.15, 0.2) is 0 Å². The molecule has 0 saturated carbocycles. The topological polar surface area (TPSA) is 100.0 Å². The molecular weight excluding hydrogens is 296 g/mol. The molecule has 1 atom stereocenters. The lowest BCUT2D eigenvalue weighted by Crippen LogP contribution is -2.50. The second-order valence-corrected chi connectivity index (χ2v) is 6.29. The van der Waals surface area contributed by atoms with Crippen LogP contribution in [0.25, 0.3) is 0 Å². The highest BCUT2D eigenvalue weighted by atomic mass is 32.2. The monoisotopic (exact) mass is 312 g/mol. The summed E-state index contributed by atoms with van der Waals surface area (Å²) in [6.07, 6.45) is 2.66. The van der Waals surface area contributed by atoms with Crippen molar-refractivity contribution in [3.63, 3.8) is 0 Å². The van der Waals surface area contributed by atoms with Gasteiger partial charge in [0, 0.05) is 24.5 Å². The Balaban J connectivity index is 2.34. The van der Waals surface area contributed by atoms with Crippen LogP contribution >= 0.6 is 0 Å². The van der Waals surface area contributed by atoms with Crippen LogP contribution < -0.4 is 0 Å². The molecule has 7 nitrogen and oxygen atoms in total. The standard InChI is InChI=1S/C13H16N2O5S/c16-4-1-2-11-6-13(8-14-7-11)21(18,19)15-3-5-20-10-12(15)9-17/h6-8,12,16-17H,3-5,9-10H2. The number of sulfonamides is 1. The quantitative estimate of drug-likeness (QED) is 0.681. The van der Waals surface area contributed by atoms with Crippen molar-refractivity contribution < 1.29 is 23.4 Å². The molecule has 1 aromatic heterocycles. The third-order valence-corrected chi connectivity index (χ3v) is 4.93. The summed E-state index contributed by atoms with van der Waals surface area (Å²) in [5.74, 6) is 5.06. The van der Waals surface area contributed by atoms with Crippen LogP contribution in [0, 0.1) is 11.8 Å². The Morgan fingerprint density at radius 2 is 2.24 bits per heavy atom. The first-order valence-corrected chi connectivity index (χ1v) is 7.79. The van der Waals surface area contributed by atoms with Gasteiger partial charge in [-0.1, -0.05) is 11.8 Å². The van der Waals surface area contributed by atoms with Gasteiger partial charge in [-0.3, -0.25) is 4.98 Å². The van der Waals surface area contributed by atoms with Gasteiger partial charge in [-0.15, -0.1) is 0 Å². The average molecular weight is 312 g/mol. The van der Waals surface area contributed by atoms with Gasteiger partial charge in [0.25, 0.3) is 0 Å². The summed E-state index contributed by atoms with van der Waals surface area (Å²) in [6, 6.07) is 0.797. The Morgan fingerprint density at radius 1 is 1.43 bits per heavy atom. The zero-order valence-electron chi connectivity index (χ0n) is 11.3. The SMILES string of the molecule is O=S(=O)(c1cncc(C#CCO)c1)N1CCOCC1CO. The predicted molar refractivity (Wildman–Crippen MR) is 73.8 cm³/mol. The van der Waals surface area contributed by atoms with E-state index in [0.29, 0.717) is 5.56 Å². The van der Waals surface area contributed by atoms with Crippen LogP contribution in [0.1, 0.15) is 5.56 Å². The van der Waals surface area contributed by atoms with Crippen LogP contribution in [-0.4, -0.2) is 66.9 Å². The van der Waals surface area contributed by atoms with Crippen LogP contribution in [0.15, 0.2) is 23.4 Å². The molecule has 2 rings (SSSR count). The second-order valence-electron chi connectivity index (χ2n) is 4.40. The number of nitrogens with zero attached hydrogens (tertiary/aromatic N) is 2. The van der Waals surface area contributed by atoms with Crippen molar-refractivity contribution in [3.05, 3.63) is 24.0 Å². The first-order valence-electron chi connectivity index (χ1n) is 6.35. The highest BCUT2D eigenvalue weighted by Crippen LogP contribution is 2.20. The summed E-state index contributed by atoms with van der Waals surface area (Å²) in [6.45, 7) is 0.00410. The lowest BCUT2D eigenvalue weighted by atomic mass is 10.3. The van der Waals surface area contributed by atoms with Gasteiger partial charge in [0.05, 0.1) is 25.9 Å². The van der Waals surface area contributed by atoms with E-state index in [9.17, 15) is 13.5 Å².